The third-order valence-electron chi connectivity index (χ3n) is 4.92. The number of nitrogens with zero attached hydrogens (tertiary/aromatic N) is 3. The molecule has 0 saturated heterocycles. The minimum absolute atomic E-state index is 0.0405. The maximum atomic E-state index is 13.1. The number of ether oxygens (including phenoxy) is 1. The van der Waals surface area contributed by atoms with E-state index in [1.54, 1.807) is 12.1 Å². The van der Waals surface area contributed by atoms with Crippen molar-refractivity contribution in [3.8, 4) is 23.1 Å². The molecule has 0 spiro atoms. The second-order valence-electron chi connectivity index (χ2n) is 7.36. The van der Waals surface area contributed by atoms with Crippen molar-refractivity contribution in [2.24, 2.45) is 0 Å². The van der Waals surface area contributed by atoms with Crippen molar-refractivity contribution in [2.75, 3.05) is 13.2 Å². The Balaban J connectivity index is 1.95. The molecule has 0 aliphatic heterocycles. The number of aryl methyl sites for hydroxylation is 1. The summed E-state index contributed by atoms with van der Waals surface area (Å²) in [6, 6.07) is 17.0. The van der Waals surface area contributed by atoms with Crippen molar-refractivity contribution < 1.29 is 23.0 Å². The molecule has 0 aliphatic rings. The Morgan fingerprint density at radius 1 is 1.12 bits per heavy atom. The molecular formula is C24H24F3N3O2. The van der Waals surface area contributed by atoms with Crippen LogP contribution in [-0.4, -0.2) is 34.3 Å². The van der Waals surface area contributed by atoms with Crippen LogP contribution in [0.1, 0.15) is 35.7 Å². The van der Waals surface area contributed by atoms with Gasteiger partial charge in [0.15, 0.2) is 0 Å². The molecule has 168 valence electrons. The molecule has 1 heterocycles. The Labute approximate surface area is 184 Å². The first-order valence-electron chi connectivity index (χ1n) is 10.3. The van der Waals surface area contributed by atoms with E-state index in [0.717, 1.165) is 27.8 Å². The third-order valence-corrected chi connectivity index (χ3v) is 4.92. The van der Waals surface area contributed by atoms with Gasteiger partial charge in [-0.05, 0) is 29.2 Å². The molecule has 0 aliphatic carbocycles. The summed E-state index contributed by atoms with van der Waals surface area (Å²) < 4.78 is 45.6. The first-order valence-corrected chi connectivity index (χ1v) is 10.3. The van der Waals surface area contributed by atoms with Gasteiger partial charge in [0.2, 0.25) is 5.88 Å². The lowest BCUT2D eigenvalue weighted by Gasteiger charge is -2.13. The van der Waals surface area contributed by atoms with Gasteiger partial charge in [-0.25, -0.2) is 4.68 Å². The maximum Gasteiger partial charge on any atom is 0.408 e. The molecule has 32 heavy (non-hydrogen) atoms. The molecule has 0 fully saturated rings. The highest BCUT2D eigenvalue weighted by Crippen LogP contribution is 2.31. The molecular weight excluding hydrogens is 419 g/mol. The van der Waals surface area contributed by atoms with E-state index in [9.17, 15) is 18.4 Å². The van der Waals surface area contributed by atoms with Crippen LogP contribution in [-0.2, 0) is 19.4 Å². The molecule has 0 saturated carbocycles. The Bertz CT molecular complexity index is 1080. The molecule has 0 radical (unpaired) electrons. The highest BCUT2D eigenvalue weighted by Gasteiger charge is 2.32. The van der Waals surface area contributed by atoms with Gasteiger partial charge in [0, 0.05) is 12.0 Å². The lowest BCUT2D eigenvalue weighted by atomic mass is 9.97. The van der Waals surface area contributed by atoms with Crippen LogP contribution in [0, 0.1) is 11.3 Å². The summed E-state index contributed by atoms with van der Waals surface area (Å²) in [4.78, 5) is 0. The van der Waals surface area contributed by atoms with Crippen LogP contribution >= 0.6 is 0 Å². The van der Waals surface area contributed by atoms with Crippen LogP contribution in [0.25, 0.3) is 11.1 Å². The Hall–Kier alpha value is -3.31. The normalized spacial score (nSPS) is 11.4. The van der Waals surface area contributed by atoms with Crippen LogP contribution in [0.2, 0.25) is 0 Å². The van der Waals surface area contributed by atoms with Gasteiger partial charge in [0.1, 0.15) is 13.2 Å². The van der Waals surface area contributed by atoms with Crippen LogP contribution in [0.5, 0.6) is 5.88 Å². The number of aromatic nitrogens is 2. The molecule has 1 aromatic heterocycles. The number of alkyl halides is 3. The van der Waals surface area contributed by atoms with Crippen molar-refractivity contribution in [1.82, 2.24) is 9.78 Å². The monoisotopic (exact) mass is 443 g/mol. The van der Waals surface area contributed by atoms with Crippen molar-refractivity contribution in [1.29, 1.82) is 5.26 Å². The molecule has 5 nitrogen and oxygen atoms in total. The number of rotatable bonds is 9. The van der Waals surface area contributed by atoms with Crippen molar-refractivity contribution in [3.05, 3.63) is 70.9 Å². The second-order valence-corrected chi connectivity index (χ2v) is 7.36. The van der Waals surface area contributed by atoms with E-state index in [1.165, 1.54) is 0 Å². The van der Waals surface area contributed by atoms with Gasteiger partial charge in [0.25, 0.3) is 0 Å². The Morgan fingerprint density at radius 3 is 2.47 bits per heavy atom. The first kappa shape index (κ1) is 23.4. The van der Waals surface area contributed by atoms with Gasteiger partial charge in [-0.15, -0.1) is 0 Å². The maximum absolute atomic E-state index is 13.1. The van der Waals surface area contributed by atoms with Gasteiger partial charge in [-0.2, -0.15) is 23.5 Å². The van der Waals surface area contributed by atoms with Crippen molar-refractivity contribution in [2.45, 2.75) is 38.9 Å². The van der Waals surface area contributed by atoms with E-state index in [0.29, 0.717) is 29.7 Å². The van der Waals surface area contributed by atoms with Crippen LogP contribution in [0.15, 0.2) is 48.5 Å². The second kappa shape index (κ2) is 10.3. The zero-order valence-corrected chi connectivity index (χ0v) is 17.7. The molecule has 2 aromatic carbocycles. The van der Waals surface area contributed by atoms with Gasteiger partial charge in [-0.3, -0.25) is 0 Å². The number of aliphatic hydroxyl groups is 1. The highest BCUT2D eigenvalue weighted by atomic mass is 19.4. The van der Waals surface area contributed by atoms with Crippen LogP contribution in [0.4, 0.5) is 13.2 Å². The third kappa shape index (κ3) is 5.68. The minimum atomic E-state index is -4.44. The average molecular weight is 443 g/mol. The van der Waals surface area contributed by atoms with E-state index in [-0.39, 0.29) is 19.1 Å². The van der Waals surface area contributed by atoms with Gasteiger partial charge < -0.3 is 9.84 Å². The summed E-state index contributed by atoms with van der Waals surface area (Å²) in [5.74, 6) is 0.0405. The molecule has 0 unspecified atom stereocenters. The largest absolute Gasteiger partial charge is 0.475 e. The number of nitriles is 1. The topological polar surface area (TPSA) is 71.1 Å². The summed E-state index contributed by atoms with van der Waals surface area (Å²) in [5.41, 5.74) is 4.29. The first-order chi connectivity index (χ1) is 15.4. The fraction of sp³-hybridized carbons (Fsp3) is 0.333. The molecule has 3 aromatic rings. The van der Waals surface area contributed by atoms with Gasteiger partial charge >= 0.3 is 6.18 Å². The Morgan fingerprint density at radius 2 is 1.84 bits per heavy atom. The Kier molecular flexibility index (Phi) is 7.54. The summed E-state index contributed by atoms with van der Waals surface area (Å²) in [6.45, 7) is 0.245. The van der Waals surface area contributed by atoms with E-state index in [4.69, 9.17) is 9.84 Å². The fourth-order valence-corrected chi connectivity index (χ4v) is 3.57. The molecule has 1 N–H and O–H groups in total. The predicted molar refractivity (Wildman–Crippen MR) is 114 cm³/mol. The van der Waals surface area contributed by atoms with Gasteiger partial charge in [0.05, 0.1) is 23.9 Å². The van der Waals surface area contributed by atoms with Gasteiger partial charge in [-0.1, -0.05) is 55.8 Å². The fourth-order valence-electron chi connectivity index (χ4n) is 3.57. The van der Waals surface area contributed by atoms with E-state index < -0.39 is 12.7 Å². The summed E-state index contributed by atoms with van der Waals surface area (Å²) >= 11 is 0. The average Bonchev–Trinajstić information content (AvgIpc) is 3.07. The minimum Gasteiger partial charge on any atom is -0.475 e. The summed E-state index contributed by atoms with van der Waals surface area (Å²) in [5, 5.41) is 22.6. The molecule has 0 amide bonds. The SMILES string of the molecule is CCCc1nn(CC(F)(F)F)c(OCCO)c1Cc1ccc(-c2ccccc2C#N)cc1. The van der Waals surface area contributed by atoms with E-state index >= 15 is 0 Å². The smallest absolute Gasteiger partial charge is 0.408 e. The lowest BCUT2D eigenvalue weighted by Crippen LogP contribution is -2.20. The summed E-state index contributed by atoms with van der Waals surface area (Å²) in [6.07, 6.45) is -2.86. The number of halogens is 3. The molecule has 3 rings (SSSR count). The van der Waals surface area contributed by atoms with E-state index in [2.05, 4.69) is 11.2 Å². The number of hydrogen-bond acceptors (Lipinski definition) is 4. The predicted octanol–water partition coefficient (Wildman–Crippen LogP) is 4.90. The highest BCUT2D eigenvalue weighted by molar-refractivity contribution is 5.70. The number of benzene rings is 2. The van der Waals surface area contributed by atoms with Crippen molar-refractivity contribution >= 4 is 0 Å². The quantitative estimate of drug-likeness (QED) is 0.511. The number of aliphatic hydroxyl groups excluding tert-OH is 1. The molecule has 0 bridgehead atoms. The summed E-state index contributed by atoms with van der Waals surface area (Å²) in [7, 11) is 0. The van der Waals surface area contributed by atoms with Crippen molar-refractivity contribution in [3.63, 3.8) is 0 Å². The van der Waals surface area contributed by atoms with E-state index in [1.807, 2.05) is 43.3 Å². The zero-order chi connectivity index (χ0) is 23.1. The van der Waals surface area contributed by atoms with Crippen LogP contribution in [0.3, 0.4) is 0 Å². The molecule has 8 heteroatoms. The number of hydrogen-bond donors (Lipinski definition) is 1. The molecule has 0 atom stereocenters. The van der Waals surface area contributed by atoms with Crippen LogP contribution < -0.4 is 4.74 Å². The lowest BCUT2D eigenvalue weighted by molar-refractivity contribution is -0.143. The standard InChI is InChI=1S/C24H24F3N3O2/c1-2-5-22-21(23(32-13-12-31)30(29-22)16-24(25,26)27)14-17-8-10-18(11-9-17)20-7-4-3-6-19(20)15-28/h3-4,6-11,31H,2,5,12-14,16H2,1H3. The zero-order valence-electron chi connectivity index (χ0n) is 17.7.